The van der Waals surface area contributed by atoms with E-state index in [0.717, 1.165) is 25.7 Å². The third-order valence-electron chi connectivity index (χ3n) is 4.95. The zero-order valence-corrected chi connectivity index (χ0v) is 23.9. The fourth-order valence-corrected chi connectivity index (χ4v) is 4.22. The zero-order valence-electron chi connectivity index (χ0n) is 21.0. The summed E-state index contributed by atoms with van der Waals surface area (Å²) in [4.78, 5) is 20.3. The first-order chi connectivity index (χ1) is 15.0. The van der Waals surface area contributed by atoms with Crippen LogP contribution in [0.2, 0.25) is 5.28 Å². The van der Waals surface area contributed by atoms with Gasteiger partial charge in [0.2, 0.25) is 0 Å². The van der Waals surface area contributed by atoms with Gasteiger partial charge in [-0.3, -0.25) is 0 Å². The number of unbranched alkanes of at least 4 members (excludes halogenated alkanes) is 15. The molecule has 0 saturated heterocycles. The van der Waals surface area contributed by atoms with Crippen LogP contribution in [0.3, 0.4) is 0 Å². The van der Waals surface area contributed by atoms with Crippen LogP contribution in [0, 0.1) is 0 Å². The fourth-order valence-electron chi connectivity index (χ4n) is 2.97. The van der Waals surface area contributed by atoms with E-state index in [0.29, 0.717) is 12.3 Å². The molecule has 182 valence electrons. The standard InChI is InChI=1S/2C9H19O2P.C6H13.Al/c2*1-2-3-4-5-6-7-8-9-12(10)11;1-3-5-6-4-2;/h2*2-9H2,1H3;1,3-6H2,2H3;/q;;;+2. The number of hydrogen-bond donors (Lipinski definition) is 0. The molecule has 0 radical (unpaired) electrons. The summed E-state index contributed by atoms with van der Waals surface area (Å²) in [5.74, 6) is 0. The van der Waals surface area contributed by atoms with Crippen molar-refractivity contribution < 1.29 is 18.9 Å². The Balaban J connectivity index is -0.000000394. The molecule has 0 amide bonds. The van der Waals surface area contributed by atoms with E-state index in [4.69, 9.17) is 0 Å². The molecule has 0 aromatic heterocycles. The molecule has 0 bridgehead atoms. The summed E-state index contributed by atoms with van der Waals surface area (Å²) < 4.78 is 20.3. The average molecular weight is 493 g/mol. The van der Waals surface area contributed by atoms with Gasteiger partial charge in [-0.15, -0.1) is 0 Å². The van der Waals surface area contributed by atoms with Crippen LogP contribution in [0.4, 0.5) is 0 Å². The molecule has 0 aromatic rings. The van der Waals surface area contributed by atoms with Crippen LogP contribution in [0.5, 0.6) is 0 Å². The van der Waals surface area contributed by atoms with Crippen molar-refractivity contribution in [3.05, 3.63) is 0 Å². The Morgan fingerprint density at radius 3 is 1.00 bits per heavy atom. The van der Waals surface area contributed by atoms with E-state index in [-0.39, 0.29) is 0 Å². The van der Waals surface area contributed by atoms with Gasteiger partial charge in [0, 0.05) is 0 Å². The van der Waals surface area contributed by atoms with E-state index >= 15 is 0 Å². The van der Waals surface area contributed by atoms with Gasteiger partial charge in [-0.05, 0) is 25.7 Å². The molecule has 0 N–H and O–H groups in total. The van der Waals surface area contributed by atoms with Crippen LogP contribution in [0.15, 0.2) is 0 Å². The topological polar surface area (TPSA) is 80.3 Å². The minimum absolute atomic E-state index is 0.378. The third kappa shape index (κ3) is 49.0. The molecule has 2 atom stereocenters. The quantitative estimate of drug-likeness (QED) is 0.0985. The molecule has 0 aliphatic heterocycles. The van der Waals surface area contributed by atoms with E-state index in [2.05, 4.69) is 37.1 Å². The first-order valence-electron chi connectivity index (χ1n) is 12.9. The molecule has 7 heteroatoms. The van der Waals surface area contributed by atoms with E-state index in [1.165, 1.54) is 95.2 Å². The van der Waals surface area contributed by atoms with Crippen molar-refractivity contribution in [1.29, 1.82) is 0 Å². The summed E-state index contributed by atoms with van der Waals surface area (Å²) >= 11 is 2.75. The summed E-state index contributed by atoms with van der Waals surface area (Å²) in [5.41, 5.74) is 0. The van der Waals surface area contributed by atoms with Crippen molar-refractivity contribution >= 4 is 32.3 Å². The molecule has 0 aliphatic carbocycles. The molecule has 0 aliphatic rings. The van der Waals surface area contributed by atoms with Crippen molar-refractivity contribution in [3.63, 3.8) is 0 Å². The normalized spacial score (nSPS) is 11.2. The van der Waals surface area contributed by atoms with Gasteiger partial charge in [0.15, 0.2) is 0 Å². The van der Waals surface area contributed by atoms with Gasteiger partial charge in [-0.25, -0.2) is 0 Å². The molecular weight excluding hydrogens is 441 g/mol. The monoisotopic (exact) mass is 492 g/mol. The molecule has 2 unspecified atom stereocenters. The molecule has 31 heavy (non-hydrogen) atoms. The molecule has 0 rings (SSSR count). The summed E-state index contributed by atoms with van der Waals surface area (Å²) in [6, 6.07) is 0. The van der Waals surface area contributed by atoms with E-state index in [9.17, 15) is 18.9 Å². The maximum atomic E-state index is 10.2. The van der Waals surface area contributed by atoms with E-state index in [1.54, 1.807) is 0 Å². The van der Waals surface area contributed by atoms with Crippen LogP contribution < -0.4 is 9.79 Å². The van der Waals surface area contributed by atoms with Gasteiger partial charge < -0.3 is 9.79 Å². The molecule has 0 fully saturated rings. The fraction of sp³-hybridized carbons (Fsp3) is 1.00. The van der Waals surface area contributed by atoms with Crippen molar-refractivity contribution in [2.24, 2.45) is 0 Å². The summed E-state index contributed by atoms with van der Waals surface area (Å²) in [6.45, 7) is 6.63. The van der Waals surface area contributed by atoms with Gasteiger partial charge in [-0.2, -0.15) is 0 Å². The van der Waals surface area contributed by atoms with Crippen LogP contribution in [-0.2, 0) is 9.13 Å². The first kappa shape index (κ1) is 36.2. The minimum atomic E-state index is -2.13. The Bertz CT molecular complexity index is 326. The molecule has 4 nitrogen and oxygen atoms in total. The van der Waals surface area contributed by atoms with Gasteiger partial charge in [0.25, 0.3) is 0 Å². The molecular formula is C24H51AlO4P2+2. The van der Waals surface area contributed by atoms with Crippen molar-refractivity contribution in [1.82, 2.24) is 0 Å². The molecule has 0 spiro atoms. The second-order valence-electron chi connectivity index (χ2n) is 8.20. The predicted octanol–water partition coefficient (Wildman–Crippen LogP) is 7.83. The average Bonchev–Trinajstić information content (AvgIpc) is 2.73. The second-order valence-corrected chi connectivity index (χ2v) is 11.0. The van der Waals surface area contributed by atoms with E-state index in [1.807, 2.05) is 0 Å². The number of rotatable bonds is 20. The van der Waals surface area contributed by atoms with Crippen LogP contribution in [-0.4, -0.2) is 28.6 Å². The van der Waals surface area contributed by atoms with Crippen molar-refractivity contribution in [3.8, 4) is 0 Å². The van der Waals surface area contributed by atoms with E-state index < -0.39 is 16.1 Å². The van der Waals surface area contributed by atoms with Crippen LogP contribution in [0.25, 0.3) is 0 Å². The summed E-state index contributed by atoms with van der Waals surface area (Å²) in [5, 5.41) is 1.28. The van der Waals surface area contributed by atoms with Gasteiger partial charge in [-0.1, -0.05) is 87.2 Å². The molecule has 0 heterocycles. The van der Waals surface area contributed by atoms with Crippen LogP contribution in [0.1, 0.15) is 136 Å². The van der Waals surface area contributed by atoms with Gasteiger partial charge >= 0.3 is 70.2 Å². The molecule has 0 aromatic carbocycles. The Morgan fingerprint density at radius 1 is 0.484 bits per heavy atom. The van der Waals surface area contributed by atoms with Gasteiger partial charge in [0.05, 0.1) is 0 Å². The Morgan fingerprint density at radius 2 is 0.742 bits per heavy atom. The second kappa shape index (κ2) is 35.2. The first-order valence-corrected chi connectivity index (χ1v) is 16.4. The zero-order chi connectivity index (χ0) is 24.0. The van der Waals surface area contributed by atoms with Crippen molar-refractivity contribution in [2.75, 3.05) is 12.3 Å². The Kier molecular flexibility index (Phi) is 41.2. The van der Waals surface area contributed by atoms with Crippen molar-refractivity contribution in [2.45, 2.75) is 142 Å². The maximum absolute atomic E-state index is 10.2. The number of hydrogen-bond acceptors (Lipinski definition) is 4. The third-order valence-corrected chi connectivity index (χ3v) is 6.72. The summed E-state index contributed by atoms with van der Waals surface area (Å²) in [6.07, 6.45) is 22.9. The Hall–Kier alpha value is 0.652. The van der Waals surface area contributed by atoms with Gasteiger partial charge in [0.1, 0.15) is 12.3 Å². The molecule has 0 saturated carbocycles. The summed E-state index contributed by atoms with van der Waals surface area (Å²) in [7, 11) is -4.26. The predicted molar refractivity (Wildman–Crippen MR) is 136 cm³/mol. The SMILES string of the molecule is CCCCCCCCC[P+](=O)[O-].CCCCCCCCC[P+](=O)[O-].CCCCC[CH2][Al+2]. The van der Waals surface area contributed by atoms with Crippen LogP contribution >= 0.6 is 16.1 Å². The Labute approximate surface area is 204 Å².